The van der Waals surface area contributed by atoms with Crippen molar-refractivity contribution in [1.82, 2.24) is 19.9 Å². The number of piperidine rings is 1. The van der Waals surface area contributed by atoms with E-state index in [0.29, 0.717) is 11.7 Å². The van der Waals surface area contributed by atoms with E-state index in [9.17, 15) is 0 Å². The third kappa shape index (κ3) is 1.91. The lowest BCUT2D eigenvalue weighted by Crippen LogP contribution is -2.29. The molecule has 3 heterocycles. The van der Waals surface area contributed by atoms with E-state index in [1.807, 2.05) is 6.07 Å². The molecule has 1 saturated heterocycles. The molecule has 1 fully saturated rings. The van der Waals surface area contributed by atoms with Gasteiger partial charge in [-0.1, -0.05) is 0 Å². The quantitative estimate of drug-likeness (QED) is 0.837. The molecule has 0 radical (unpaired) electrons. The summed E-state index contributed by atoms with van der Waals surface area (Å²) in [5.74, 6) is 1.10. The highest BCUT2D eigenvalue weighted by atomic mass is 79.9. The Bertz CT molecular complexity index is 544. The number of nitrogens with zero attached hydrogens (tertiary/aromatic N) is 3. The number of nitrogens with one attached hydrogen (secondary N) is 1. The van der Waals surface area contributed by atoms with Crippen LogP contribution in [0.1, 0.15) is 24.5 Å². The average Bonchev–Trinajstić information content (AvgIpc) is 2.73. The van der Waals surface area contributed by atoms with Crippen LogP contribution in [0.2, 0.25) is 0 Å². The van der Waals surface area contributed by atoms with Crippen LogP contribution in [0.15, 0.2) is 16.7 Å². The summed E-state index contributed by atoms with van der Waals surface area (Å²) in [6, 6.07) is 1.93. The monoisotopic (exact) mass is 295 g/mol. The third-order valence-electron chi connectivity index (χ3n) is 3.19. The molecule has 0 aromatic carbocycles. The first kappa shape index (κ1) is 11.0. The predicted molar refractivity (Wildman–Crippen MR) is 69.9 cm³/mol. The first-order valence-electron chi connectivity index (χ1n) is 5.76. The summed E-state index contributed by atoms with van der Waals surface area (Å²) in [5, 5.41) is 7.57. The van der Waals surface area contributed by atoms with E-state index in [1.54, 1.807) is 10.7 Å². The minimum Gasteiger partial charge on any atom is -0.384 e. The predicted octanol–water partition coefficient (Wildman–Crippen LogP) is 1.54. The first-order chi connectivity index (χ1) is 8.25. The van der Waals surface area contributed by atoms with Crippen molar-refractivity contribution < 1.29 is 0 Å². The molecule has 5 nitrogen and oxygen atoms in total. The maximum Gasteiger partial charge on any atom is 0.171 e. The van der Waals surface area contributed by atoms with Gasteiger partial charge in [-0.25, -0.2) is 4.98 Å². The topological polar surface area (TPSA) is 68.2 Å². The summed E-state index contributed by atoms with van der Waals surface area (Å²) in [6.45, 7) is 2.08. The Morgan fingerprint density at radius 1 is 1.53 bits per heavy atom. The molecule has 0 aliphatic carbocycles. The van der Waals surface area contributed by atoms with E-state index in [1.165, 1.54) is 12.8 Å². The number of fused-ring (bicyclic) bond motifs is 1. The smallest absolute Gasteiger partial charge is 0.171 e. The minimum absolute atomic E-state index is 0.456. The number of halogens is 1. The molecule has 1 unspecified atom stereocenters. The van der Waals surface area contributed by atoms with Gasteiger partial charge in [-0.3, -0.25) is 0 Å². The molecule has 6 heteroatoms. The molecule has 3 rings (SSSR count). The molecule has 3 N–H and O–H groups in total. The SMILES string of the molecule is Nc1cc(C2CCCNC2)nc2c(Br)cnn12. The van der Waals surface area contributed by atoms with Crippen LogP contribution in [-0.2, 0) is 0 Å². The Hall–Kier alpha value is -1.14. The van der Waals surface area contributed by atoms with E-state index < -0.39 is 0 Å². The minimum atomic E-state index is 0.456. The van der Waals surface area contributed by atoms with Gasteiger partial charge in [0.1, 0.15) is 5.82 Å². The lowest BCUT2D eigenvalue weighted by atomic mass is 9.96. The molecule has 1 aliphatic heterocycles. The third-order valence-corrected chi connectivity index (χ3v) is 3.75. The van der Waals surface area contributed by atoms with Gasteiger partial charge in [0.15, 0.2) is 5.65 Å². The number of hydrogen-bond donors (Lipinski definition) is 2. The molecule has 2 aromatic rings. The summed E-state index contributed by atoms with van der Waals surface area (Å²) < 4.78 is 2.54. The molecule has 90 valence electrons. The molecule has 1 aliphatic rings. The molecule has 2 aromatic heterocycles. The van der Waals surface area contributed by atoms with Crippen molar-refractivity contribution in [3.8, 4) is 0 Å². The van der Waals surface area contributed by atoms with Crippen molar-refractivity contribution in [1.29, 1.82) is 0 Å². The molecular weight excluding hydrogens is 282 g/mol. The van der Waals surface area contributed by atoms with Crippen LogP contribution in [0, 0.1) is 0 Å². The molecule has 0 amide bonds. The Morgan fingerprint density at radius 2 is 2.41 bits per heavy atom. The Morgan fingerprint density at radius 3 is 3.18 bits per heavy atom. The van der Waals surface area contributed by atoms with Gasteiger partial charge in [-0.05, 0) is 35.3 Å². The Balaban J connectivity index is 2.07. The Kier molecular flexibility index (Phi) is 2.76. The highest BCUT2D eigenvalue weighted by molar-refractivity contribution is 9.10. The van der Waals surface area contributed by atoms with Crippen LogP contribution >= 0.6 is 15.9 Å². The van der Waals surface area contributed by atoms with Crippen LogP contribution < -0.4 is 11.1 Å². The van der Waals surface area contributed by atoms with Gasteiger partial charge in [-0.15, -0.1) is 0 Å². The van der Waals surface area contributed by atoms with E-state index in [-0.39, 0.29) is 0 Å². The highest BCUT2D eigenvalue weighted by Gasteiger charge is 2.18. The van der Waals surface area contributed by atoms with E-state index in [2.05, 4.69) is 31.3 Å². The van der Waals surface area contributed by atoms with Crippen LogP contribution in [0.3, 0.4) is 0 Å². The first-order valence-corrected chi connectivity index (χ1v) is 6.55. The highest BCUT2D eigenvalue weighted by Crippen LogP contribution is 2.26. The van der Waals surface area contributed by atoms with Crippen molar-refractivity contribution in [2.75, 3.05) is 18.8 Å². The number of rotatable bonds is 1. The normalized spacial score (nSPS) is 20.9. The fraction of sp³-hybridized carbons (Fsp3) is 0.455. The molecule has 17 heavy (non-hydrogen) atoms. The van der Waals surface area contributed by atoms with Crippen molar-refractivity contribution in [3.63, 3.8) is 0 Å². The number of anilines is 1. The maximum atomic E-state index is 6.00. The van der Waals surface area contributed by atoms with Gasteiger partial charge in [0.2, 0.25) is 0 Å². The van der Waals surface area contributed by atoms with Crippen molar-refractivity contribution in [2.24, 2.45) is 0 Å². The number of hydrogen-bond acceptors (Lipinski definition) is 4. The molecule has 0 saturated carbocycles. The van der Waals surface area contributed by atoms with E-state index in [0.717, 1.165) is 28.9 Å². The average molecular weight is 296 g/mol. The van der Waals surface area contributed by atoms with Crippen molar-refractivity contribution in [2.45, 2.75) is 18.8 Å². The zero-order valence-electron chi connectivity index (χ0n) is 9.36. The molecule has 1 atom stereocenters. The summed E-state index contributed by atoms with van der Waals surface area (Å²) >= 11 is 3.44. The second-order valence-electron chi connectivity index (χ2n) is 4.38. The van der Waals surface area contributed by atoms with Gasteiger partial charge in [0.05, 0.1) is 16.4 Å². The molecular formula is C11H14BrN5. The fourth-order valence-corrected chi connectivity index (χ4v) is 2.64. The van der Waals surface area contributed by atoms with E-state index in [4.69, 9.17) is 5.73 Å². The van der Waals surface area contributed by atoms with Crippen LogP contribution in [0.4, 0.5) is 5.82 Å². The van der Waals surface area contributed by atoms with Crippen LogP contribution in [0.5, 0.6) is 0 Å². The van der Waals surface area contributed by atoms with Gasteiger partial charge in [0.25, 0.3) is 0 Å². The van der Waals surface area contributed by atoms with Gasteiger partial charge in [0, 0.05) is 18.5 Å². The van der Waals surface area contributed by atoms with E-state index >= 15 is 0 Å². The second-order valence-corrected chi connectivity index (χ2v) is 5.23. The standard InChI is InChI=1S/C11H14BrN5/c12-8-6-15-17-10(13)4-9(16-11(8)17)7-2-1-3-14-5-7/h4,6-7,14H,1-3,5,13H2. The lowest BCUT2D eigenvalue weighted by Gasteiger charge is -2.22. The number of nitrogens with two attached hydrogens (primary N) is 1. The summed E-state index contributed by atoms with van der Waals surface area (Å²) in [7, 11) is 0. The largest absolute Gasteiger partial charge is 0.384 e. The molecule has 0 bridgehead atoms. The van der Waals surface area contributed by atoms with Gasteiger partial charge in [-0.2, -0.15) is 9.61 Å². The summed E-state index contributed by atoms with van der Waals surface area (Å²) in [4.78, 5) is 4.65. The summed E-state index contributed by atoms with van der Waals surface area (Å²) in [5.41, 5.74) is 7.85. The zero-order valence-corrected chi connectivity index (χ0v) is 10.9. The van der Waals surface area contributed by atoms with Crippen molar-refractivity contribution >= 4 is 27.4 Å². The fourth-order valence-electron chi connectivity index (χ4n) is 2.29. The zero-order chi connectivity index (χ0) is 11.8. The Labute approximate surface area is 108 Å². The second kappa shape index (κ2) is 4.27. The van der Waals surface area contributed by atoms with Gasteiger partial charge < -0.3 is 11.1 Å². The van der Waals surface area contributed by atoms with Gasteiger partial charge >= 0.3 is 0 Å². The van der Waals surface area contributed by atoms with Crippen LogP contribution in [-0.4, -0.2) is 27.7 Å². The maximum absolute atomic E-state index is 6.00. The number of nitrogen functional groups attached to an aromatic ring is 1. The lowest BCUT2D eigenvalue weighted by molar-refractivity contribution is 0.455. The summed E-state index contributed by atoms with van der Waals surface area (Å²) in [6.07, 6.45) is 4.08. The number of aromatic nitrogens is 3. The molecule has 0 spiro atoms. The van der Waals surface area contributed by atoms with Crippen molar-refractivity contribution in [3.05, 3.63) is 22.4 Å². The van der Waals surface area contributed by atoms with Crippen LogP contribution in [0.25, 0.3) is 5.65 Å².